The molecule has 0 bridgehead atoms. The van der Waals surface area contributed by atoms with Crippen LogP contribution in [0.5, 0.6) is 0 Å². The average Bonchev–Trinajstić information content (AvgIpc) is 3.02. The van der Waals surface area contributed by atoms with Crippen LogP contribution in [0.1, 0.15) is 23.1 Å². The molecular formula is C19H28Cl2FeN5P. The summed E-state index contributed by atoms with van der Waals surface area (Å²) in [7, 11) is 17.0. The van der Waals surface area contributed by atoms with E-state index in [9.17, 15) is 0 Å². The van der Waals surface area contributed by atoms with E-state index in [1.165, 1.54) is 16.7 Å². The summed E-state index contributed by atoms with van der Waals surface area (Å²) in [6.45, 7) is 6.31. The second-order valence-corrected chi connectivity index (χ2v) is 10.9. The Bertz CT molecular complexity index is 745. The van der Waals surface area contributed by atoms with Gasteiger partial charge in [0.05, 0.1) is 29.5 Å². The average molecular weight is 484 g/mol. The molecule has 156 valence electrons. The molecule has 1 aromatic carbocycles. The molecule has 0 atom stereocenters. The third-order valence-electron chi connectivity index (χ3n) is 3.78. The minimum absolute atomic E-state index is 0.194. The predicted molar refractivity (Wildman–Crippen MR) is 123 cm³/mol. The summed E-state index contributed by atoms with van der Waals surface area (Å²) in [5.41, 5.74) is 6.58. The van der Waals surface area contributed by atoms with E-state index in [0.717, 1.165) is 23.5 Å². The van der Waals surface area contributed by atoms with Crippen LogP contribution in [0.3, 0.4) is 0 Å². The Morgan fingerprint density at radius 3 is 2.07 bits per heavy atom. The van der Waals surface area contributed by atoms with Crippen LogP contribution in [0.4, 0.5) is 5.69 Å². The molecular weight excluding hydrogens is 456 g/mol. The van der Waals surface area contributed by atoms with E-state index in [2.05, 4.69) is 63.1 Å². The van der Waals surface area contributed by atoms with E-state index in [4.69, 9.17) is 20.2 Å². The van der Waals surface area contributed by atoms with Crippen molar-refractivity contribution in [3.8, 4) is 0 Å². The maximum atomic E-state index is 4.76. The number of aliphatic imine (C=N–C) groups is 2. The van der Waals surface area contributed by atoms with Gasteiger partial charge < -0.3 is 0 Å². The molecule has 5 nitrogen and oxygen atoms in total. The van der Waals surface area contributed by atoms with Gasteiger partial charge in [0.25, 0.3) is 0 Å². The van der Waals surface area contributed by atoms with E-state index in [1.54, 1.807) is 0 Å². The molecule has 0 saturated heterocycles. The van der Waals surface area contributed by atoms with Gasteiger partial charge in [0.2, 0.25) is 0 Å². The summed E-state index contributed by atoms with van der Waals surface area (Å²) in [5, 5.41) is 0. The van der Waals surface area contributed by atoms with Gasteiger partial charge in [-0.1, -0.05) is 23.8 Å². The zero-order valence-corrected chi connectivity index (χ0v) is 20.9. The normalized spacial score (nSPS) is 14.4. The van der Waals surface area contributed by atoms with E-state index in [0.29, 0.717) is 0 Å². The van der Waals surface area contributed by atoms with E-state index in [-0.39, 0.29) is 13.1 Å². The second kappa shape index (κ2) is 12.9. The fourth-order valence-corrected chi connectivity index (χ4v) is 4.18. The van der Waals surface area contributed by atoms with Crippen LogP contribution in [0.2, 0.25) is 0 Å². The van der Waals surface area contributed by atoms with Crippen molar-refractivity contribution in [2.24, 2.45) is 14.7 Å². The maximum absolute atomic E-state index is 4.76. The molecule has 9 heteroatoms. The van der Waals surface area contributed by atoms with Crippen LogP contribution in [-0.4, -0.2) is 55.7 Å². The molecule has 0 N–H and O–H groups in total. The van der Waals surface area contributed by atoms with Crippen LogP contribution in [0.15, 0.2) is 38.7 Å². The zero-order chi connectivity index (χ0) is 21.3. The first kappa shape index (κ1) is 25.5. The Balaban J connectivity index is 0.00000122. The van der Waals surface area contributed by atoms with Crippen molar-refractivity contribution < 1.29 is 13.1 Å². The Morgan fingerprint density at radius 2 is 1.57 bits per heavy atom. The number of allylic oxidation sites excluding steroid dienone is 2. The Morgan fingerprint density at radius 1 is 1.04 bits per heavy atom. The Labute approximate surface area is 185 Å². The molecule has 0 fully saturated rings. The Hall–Kier alpha value is -0.581. The molecule has 0 unspecified atom stereocenters. The predicted octanol–water partition coefficient (Wildman–Crippen LogP) is 5.84. The monoisotopic (exact) mass is 483 g/mol. The van der Waals surface area contributed by atoms with Crippen molar-refractivity contribution in [3.05, 3.63) is 40.6 Å². The van der Waals surface area contributed by atoms with Crippen molar-refractivity contribution in [1.29, 1.82) is 0 Å². The number of aryl methyl sites for hydroxylation is 3. The van der Waals surface area contributed by atoms with Gasteiger partial charge in [0.1, 0.15) is 0 Å². The van der Waals surface area contributed by atoms with Gasteiger partial charge in [-0.2, -0.15) is 0 Å². The van der Waals surface area contributed by atoms with Crippen LogP contribution in [-0.2, 0) is 13.1 Å². The summed E-state index contributed by atoms with van der Waals surface area (Å²) in [5.74, 6) is 0. The number of nitrogens with zero attached hydrogens (tertiary/aromatic N) is 5. The van der Waals surface area contributed by atoms with Gasteiger partial charge in [-0.05, 0) is 60.1 Å². The van der Waals surface area contributed by atoms with Gasteiger partial charge in [-0.25, -0.2) is 4.76 Å². The van der Waals surface area contributed by atoms with E-state index < -0.39 is 8.37 Å². The van der Waals surface area contributed by atoms with Crippen LogP contribution >= 0.6 is 28.6 Å². The fourth-order valence-electron chi connectivity index (χ4n) is 2.82. The molecule has 1 aliphatic rings. The third kappa shape index (κ3) is 8.42. The number of halogens is 2. The number of benzene rings is 1. The summed E-state index contributed by atoms with van der Waals surface area (Å²) >= 11 is 0.194. The molecule has 0 radical (unpaired) electrons. The standard InChI is InChI=1S/C19H28N5P.2ClH.Fe/c1-14-10-15(2)19(16(3)11-14)20-12-17-8-9-18(22-17)13-21-25(23(4)5)24(6)7;;;/h8,10-13H,9H2,1-7H3;2*1H;/q;;;+2/p-2/b20-12?,21-13+;;;. The molecule has 0 spiro atoms. The SMILES string of the molecule is Cc1cc(C)c(N=CC2=CCC(/C=N/P(N(C)C)N(C)C)=N2)c(C)c1.[Cl][Fe][Cl]. The van der Waals surface area contributed by atoms with Gasteiger partial charge in [0, 0.05) is 6.42 Å². The summed E-state index contributed by atoms with van der Waals surface area (Å²) in [6.07, 6.45) is 6.65. The van der Waals surface area contributed by atoms with Gasteiger partial charge in [-0.15, -0.1) is 0 Å². The molecule has 0 saturated carbocycles. The van der Waals surface area contributed by atoms with Crippen LogP contribution in [0, 0.1) is 20.8 Å². The minimum atomic E-state index is -0.666. The zero-order valence-electron chi connectivity index (χ0n) is 17.4. The van der Waals surface area contributed by atoms with Crippen LogP contribution in [0.25, 0.3) is 0 Å². The summed E-state index contributed by atoms with van der Waals surface area (Å²) in [4.78, 5) is 9.28. The van der Waals surface area contributed by atoms with Crippen molar-refractivity contribution in [3.63, 3.8) is 0 Å². The number of hydrogen-bond donors (Lipinski definition) is 0. The topological polar surface area (TPSA) is 43.6 Å². The first-order valence-electron chi connectivity index (χ1n) is 8.63. The first-order valence-corrected chi connectivity index (χ1v) is 12.9. The second-order valence-electron chi connectivity index (χ2n) is 6.70. The van der Waals surface area contributed by atoms with E-state index >= 15 is 0 Å². The first-order chi connectivity index (χ1) is 13.2. The molecule has 0 aliphatic carbocycles. The molecule has 0 amide bonds. The molecule has 0 aromatic heterocycles. The molecule has 28 heavy (non-hydrogen) atoms. The van der Waals surface area contributed by atoms with Gasteiger partial charge >= 0.3 is 33.3 Å². The molecule has 2 rings (SSSR count). The third-order valence-corrected chi connectivity index (χ3v) is 5.53. The van der Waals surface area contributed by atoms with E-state index in [1.807, 2.05) is 40.6 Å². The van der Waals surface area contributed by atoms with Crippen molar-refractivity contribution in [1.82, 2.24) is 9.34 Å². The summed E-state index contributed by atoms with van der Waals surface area (Å²) in [6, 6.07) is 4.32. The van der Waals surface area contributed by atoms with Crippen LogP contribution < -0.4 is 0 Å². The van der Waals surface area contributed by atoms with Crippen molar-refractivity contribution in [2.75, 3.05) is 28.2 Å². The number of rotatable bonds is 6. The Kier molecular flexibility index (Phi) is 11.7. The summed E-state index contributed by atoms with van der Waals surface area (Å²) < 4.78 is 8.93. The van der Waals surface area contributed by atoms with Gasteiger partial charge in [0.15, 0.2) is 8.37 Å². The molecule has 1 aliphatic heterocycles. The van der Waals surface area contributed by atoms with Gasteiger partial charge in [-0.3, -0.25) is 19.3 Å². The quantitative estimate of drug-likeness (QED) is 0.290. The molecule has 1 aromatic rings. The fraction of sp³-hybridized carbons (Fsp3) is 0.421. The van der Waals surface area contributed by atoms with Crippen molar-refractivity contribution >= 4 is 52.4 Å². The van der Waals surface area contributed by atoms with Crippen molar-refractivity contribution in [2.45, 2.75) is 27.2 Å². The molecule has 1 heterocycles. The number of hydrogen-bond acceptors (Lipinski definition) is 5.